The van der Waals surface area contributed by atoms with Crippen molar-refractivity contribution >= 4 is 17.8 Å². The fraction of sp³-hybridized carbons (Fsp3) is 0.429. The van der Waals surface area contributed by atoms with E-state index in [1.807, 2.05) is 30.3 Å². The molecule has 3 heterocycles. The Morgan fingerprint density at radius 3 is 2.63 bits per heavy atom. The fourth-order valence-corrected chi connectivity index (χ4v) is 3.99. The highest BCUT2D eigenvalue weighted by molar-refractivity contribution is 6.02. The minimum atomic E-state index is -0.261. The summed E-state index contributed by atoms with van der Waals surface area (Å²) in [6.07, 6.45) is 1.28. The zero-order valence-electron chi connectivity index (χ0n) is 16.9. The number of nitrogens with one attached hydrogen (secondary N) is 1. The van der Waals surface area contributed by atoms with Gasteiger partial charge < -0.3 is 14.5 Å². The van der Waals surface area contributed by atoms with Gasteiger partial charge in [0.25, 0.3) is 5.91 Å². The number of carbonyl (C=O) groups excluding carboxylic acids is 3. The van der Waals surface area contributed by atoms with E-state index < -0.39 is 0 Å². The molecular formula is C21H25N5O4. The van der Waals surface area contributed by atoms with E-state index in [1.54, 1.807) is 15.9 Å². The summed E-state index contributed by atoms with van der Waals surface area (Å²) in [5.41, 5.74) is 2.12. The summed E-state index contributed by atoms with van der Waals surface area (Å²) in [6.45, 7) is 1.75. The molecule has 1 aromatic carbocycles. The van der Waals surface area contributed by atoms with Crippen LogP contribution in [-0.4, -0.2) is 88.7 Å². The maximum atomic E-state index is 12.9. The smallest absolute Gasteiger partial charge is 0.327 e. The molecule has 1 N–H and O–H groups in total. The SMILES string of the molecule is COCCN1C(=O)CN(C2CCN(C(=O)c3cc(-c4ccccc4)n[nH]3)CC2)C1=O. The van der Waals surface area contributed by atoms with Gasteiger partial charge in [0.15, 0.2) is 0 Å². The monoisotopic (exact) mass is 411 g/mol. The number of carbonyl (C=O) groups is 3. The lowest BCUT2D eigenvalue weighted by molar-refractivity contribution is -0.125. The van der Waals surface area contributed by atoms with E-state index in [9.17, 15) is 14.4 Å². The van der Waals surface area contributed by atoms with Gasteiger partial charge in [-0.25, -0.2) is 4.79 Å². The number of H-pyrrole nitrogens is 1. The number of likely N-dealkylation sites (tertiary alicyclic amines) is 1. The molecule has 0 atom stereocenters. The zero-order valence-corrected chi connectivity index (χ0v) is 16.9. The van der Waals surface area contributed by atoms with E-state index in [2.05, 4.69) is 10.2 Å². The number of imide groups is 1. The summed E-state index contributed by atoms with van der Waals surface area (Å²) in [4.78, 5) is 42.2. The minimum Gasteiger partial charge on any atom is -0.383 e. The van der Waals surface area contributed by atoms with Crippen molar-refractivity contribution < 1.29 is 19.1 Å². The summed E-state index contributed by atoms with van der Waals surface area (Å²) in [5.74, 6) is -0.296. The van der Waals surface area contributed by atoms with Crippen LogP contribution in [0, 0.1) is 0 Å². The topological polar surface area (TPSA) is 98.8 Å². The maximum absolute atomic E-state index is 12.9. The lowest BCUT2D eigenvalue weighted by atomic mass is 10.0. The Kier molecular flexibility index (Phi) is 5.80. The van der Waals surface area contributed by atoms with E-state index >= 15 is 0 Å². The fourth-order valence-electron chi connectivity index (χ4n) is 3.99. The third kappa shape index (κ3) is 3.93. The maximum Gasteiger partial charge on any atom is 0.327 e. The number of hydrogen-bond donors (Lipinski definition) is 1. The third-order valence-corrected chi connectivity index (χ3v) is 5.67. The number of amides is 4. The molecule has 0 saturated carbocycles. The predicted octanol–water partition coefficient (Wildman–Crippen LogP) is 1.59. The van der Waals surface area contributed by atoms with Gasteiger partial charge in [0.1, 0.15) is 12.2 Å². The molecule has 2 aromatic rings. The Balaban J connectivity index is 1.35. The van der Waals surface area contributed by atoms with Gasteiger partial charge in [0, 0.05) is 31.8 Å². The molecule has 4 amide bonds. The first-order chi connectivity index (χ1) is 14.6. The highest BCUT2D eigenvalue weighted by atomic mass is 16.5. The lowest BCUT2D eigenvalue weighted by Gasteiger charge is -2.35. The molecule has 0 bridgehead atoms. The van der Waals surface area contributed by atoms with Gasteiger partial charge in [-0.1, -0.05) is 30.3 Å². The number of nitrogens with zero attached hydrogens (tertiary/aromatic N) is 4. The Bertz CT molecular complexity index is 920. The van der Waals surface area contributed by atoms with Crippen LogP contribution in [0.15, 0.2) is 36.4 Å². The van der Waals surface area contributed by atoms with E-state index in [-0.39, 0.29) is 37.0 Å². The molecule has 2 aliphatic heterocycles. The van der Waals surface area contributed by atoms with Crippen LogP contribution in [-0.2, 0) is 9.53 Å². The summed E-state index contributed by atoms with van der Waals surface area (Å²) in [7, 11) is 1.54. The summed E-state index contributed by atoms with van der Waals surface area (Å²) in [5, 5.41) is 7.09. The van der Waals surface area contributed by atoms with Crippen molar-refractivity contribution in [2.45, 2.75) is 18.9 Å². The number of ether oxygens (including phenoxy) is 1. The molecule has 158 valence electrons. The molecule has 9 nitrogen and oxygen atoms in total. The highest BCUT2D eigenvalue weighted by Gasteiger charge is 2.40. The second-order valence-electron chi connectivity index (χ2n) is 7.50. The van der Waals surface area contributed by atoms with Crippen molar-refractivity contribution in [3.8, 4) is 11.3 Å². The molecule has 1 aromatic heterocycles. The average molecular weight is 411 g/mol. The molecule has 30 heavy (non-hydrogen) atoms. The molecule has 2 saturated heterocycles. The third-order valence-electron chi connectivity index (χ3n) is 5.67. The second-order valence-corrected chi connectivity index (χ2v) is 7.50. The number of piperidine rings is 1. The minimum absolute atomic E-state index is 0.0420. The molecule has 0 radical (unpaired) electrons. The quantitative estimate of drug-likeness (QED) is 0.728. The Morgan fingerprint density at radius 1 is 1.20 bits per heavy atom. The van der Waals surface area contributed by atoms with Gasteiger partial charge in [-0.3, -0.25) is 19.6 Å². The molecule has 9 heteroatoms. The average Bonchev–Trinajstić information content (AvgIpc) is 3.38. The van der Waals surface area contributed by atoms with E-state index in [1.165, 1.54) is 12.0 Å². The summed E-state index contributed by atoms with van der Waals surface area (Å²) < 4.78 is 4.98. The molecule has 2 aliphatic rings. The standard InChI is InChI=1S/C21H25N5O4/c1-30-12-11-25-19(27)14-26(21(25)29)16-7-9-24(10-8-16)20(28)18-13-17(22-23-18)15-5-3-2-4-6-15/h2-6,13,16H,7-12,14H2,1H3,(H,22,23). The van der Waals surface area contributed by atoms with E-state index in [0.717, 1.165) is 11.3 Å². The number of aromatic amines is 1. The van der Waals surface area contributed by atoms with Gasteiger partial charge in [0.05, 0.1) is 18.8 Å². The lowest BCUT2D eigenvalue weighted by Crippen LogP contribution is -2.48. The summed E-state index contributed by atoms with van der Waals surface area (Å²) in [6, 6.07) is 11.1. The molecule has 0 aliphatic carbocycles. The second kappa shape index (κ2) is 8.66. The molecule has 2 fully saturated rings. The van der Waals surface area contributed by atoms with Crippen molar-refractivity contribution in [2.75, 3.05) is 39.9 Å². The first-order valence-corrected chi connectivity index (χ1v) is 10.1. The van der Waals surface area contributed by atoms with Crippen LogP contribution >= 0.6 is 0 Å². The Hall–Kier alpha value is -3.20. The number of rotatable bonds is 6. The number of aromatic nitrogens is 2. The first kappa shape index (κ1) is 20.1. The predicted molar refractivity (Wildman–Crippen MR) is 109 cm³/mol. The number of benzene rings is 1. The van der Waals surface area contributed by atoms with E-state index in [0.29, 0.717) is 38.2 Å². The van der Waals surface area contributed by atoms with Gasteiger partial charge in [-0.15, -0.1) is 0 Å². The van der Waals surface area contributed by atoms with Crippen molar-refractivity contribution in [1.29, 1.82) is 0 Å². The van der Waals surface area contributed by atoms with Gasteiger partial charge in [0.2, 0.25) is 5.91 Å². The first-order valence-electron chi connectivity index (χ1n) is 10.1. The van der Waals surface area contributed by atoms with Crippen molar-refractivity contribution in [2.24, 2.45) is 0 Å². The molecule has 0 spiro atoms. The number of methoxy groups -OCH3 is 1. The molecule has 4 rings (SSSR count). The normalized spacial score (nSPS) is 17.8. The van der Waals surface area contributed by atoms with Crippen LogP contribution < -0.4 is 0 Å². The van der Waals surface area contributed by atoms with Gasteiger partial charge in [-0.2, -0.15) is 5.10 Å². The Labute approximate surface area is 174 Å². The van der Waals surface area contributed by atoms with Crippen LogP contribution in [0.25, 0.3) is 11.3 Å². The van der Waals surface area contributed by atoms with Crippen LogP contribution in [0.3, 0.4) is 0 Å². The van der Waals surface area contributed by atoms with Gasteiger partial charge >= 0.3 is 6.03 Å². The molecular weight excluding hydrogens is 386 g/mol. The number of hydrogen-bond acceptors (Lipinski definition) is 5. The number of urea groups is 1. The van der Waals surface area contributed by atoms with Crippen LogP contribution in [0.1, 0.15) is 23.3 Å². The highest BCUT2D eigenvalue weighted by Crippen LogP contribution is 2.24. The molecule has 0 unspecified atom stereocenters. The zero-order chi connectivity index (χ0) is 21.1. The largest absolute Gasteiger partial charge is 0.383 e. The van der Waals surface area contributed by atoms with E-state index in [4.69, 9.17) is 4.74 Å². The van der Waals surface area contributed by atoms with Crippen LogP contribution in [0.4, 0.5) is 4.79 Å². The van der Waals surface area contributed by atoms with Crippen LogP contribution in [0.2, 0.25) is 0 Å². The van der Waals surface area contributed by atoms with Crippen molar-refractivity contribution in [1.82, 2.24) is 24.9 Å². The van der Waals surface area contributed by atoms with Gasteiger partial charge in [-0.05, 0) is 18.9 Å². The Morgan fingerprint density at radius 2 is 1.93 bits per heavy atom. The van der Waals surface area contributed by atoms with Crippen LogP contribution in [0.5, 0.6) is 0 Å². The van der Waals surface area contributed by atoms with Crippen molar-refractivity contribution in [3.05, 3.63) is 42.1 Å². The van der Waals surface area contributed by atoms with Crippen molar-refractivity contribution in [3.63, 3.8) is 0 Å². The summed E-state index contributed by atoms with van der Waals surface area (Å²) >= 11 is 0.